The van der Waals surface area contributed by atoms with Gasteiger partial charge in [-0.15, -0.1) is 0 Å². The molecule has 8 heteroatoms. The molecule has 0 bridgehead atoms. The van der Waals surface area contributed by atoms with Crippen molar-refractivity contribution in [3.63, 3.8) is 0 Å². The van der Waals surface area contributed by atoms with Gasteiger partial charge in [-0.2, -0.15) is 0 Å². The van der Waals surface area contributed by atoms with Crippen LogP contribution in [-0.4, -0.2) is 34.8 Å². The molecule has 0 aliphatic carbocycles. The first-order valence-electron chi connectivity index (χ1n) is 10.00. The quantitative estimate of drug-likeness (QED) is 0.754. The van der Waals surface area contributed by atoms with Crippen molar-refractivity contribution < 1.29 is 18.3 Å². The highest BCUT2D eigenvalue weighted by Gasteiger charge is 2.30. The van der Waals surface area contributed by atoms with Gasteiger partial charge in [-0.1, -0.05) is 0 Å². The summed E-state index contributed by atoms with van der Waals surface area (Å²) in [5.41, 5.74) is 2.48. The molecule has 1 unspecified atom stereocenters. The summed E-state index contributed by atoms with van der Waals surface area (Å²) in [6.07, 6.45) is 2.79. The number of rotatable bonds is 5. The second-order valence-electron chi connectivity index (χ2n) is 7.99. The highest BCUT2D eigenvalue weighted by atomic mass is 32.1. The van der Waals surface area contributed by atoms with Gasteiger partial charge in [-0.25, -0.2) is 8.78 Å². The normalized spacial score (nSPS) is 19.3. The zero-order valence-corrected chi connectivity index (χ0v) is 17.2. The Hall–Kier alpha value is -2.06. The maximum atomic E-state index is 13.6. The van der Waals surface area contributed by atoms with Crippen molar-refractivity contribution in [1.82, 2.24) is 14.5 Å². The summed E-state index contributed by atoms with van der Waals surface area (Å²) in [6.45, 7) is 2.73. The predicted octanol–water partition coefficient (Wildman–Crippen LogP) is 3.26. The SMILES string of the molecule is Cn1c(CC(=O)NCC2CCOCC2)c2n(c1=S)CC(c1cc(F)cc(F)c1)C2. The van der Waals surface area contributed by atoms with Crippen LogP contribution in [-0.2, 0) is 36.0 Å². The topological polar surface area (TPSA) is 48.2 Å². The molecular weight excluding hydrogens is 396 g/mol. The van der Waals surface area contributed by atoms with E-state index in [9.17, 15) is 13.6 Å². The van der Waals surface area contributed by atoms with Crippen LogP contribution in [0.1, 0.15) is 35.7 Å². The average Bonchev–Trinajstić information content (AvgIpc) is 3.22. The lowest BCUT2D eigenvalue weighted by atomic mass is 9.96. The minimum atomic E-state index is -0.576. The Morgan fingerprint density at radius 2 is 1.93 bits per heavy atom. The van der Waals surface area contributed by atoms with Crippen LogP contribution in [0, 0.1) is 22.3 Å². The summed E-state index contributed by atoms with van der Waals surface area (Å²) >= 11 is 5.55. The van der Waals surface area contributed by atoms with E-state index in [4.69, 9.17) is 17.0 Å². The van der Waals surface area contributed by atoms with Crippen LogP contribution in [0.5, 0.6) is 0 Å². The first-order valence-corrected chi connectivity index (χ1v) is 10.4. The first kappa shape index (κ1) is 20.2. The summed E-state index contributed by atoms with van der Waals surface area (Å²) in [7, 11) is 1.87. The molecule has 1 aromatic carbocycles. The molecule has 5 nitrogen and oxygen atoms in total. The van der Waals surface area contributed by atoms with Crippen molar-refractivity contribution in [1.29, 1.82) is 0 Å². The van der Waals surface area contributed by atoms with Crippen LogP contribution in [0.3, 0.4) is 0 Å². The molecule has 0 radical (unpaired) electrons. The Morgan fingerprint density at radius 3 is 2.62 bits per heavy atom. The van der Waals surface area contributed by atoms with Crippen LogP contribution >= 0.6 is 12.2 Å². The number of carbonyl (C=O) groups excluding carboxylic acids is 1. The summed E-state index contributed by atoms with van der Waals surface area (Å²) in [6, 6.07) is 3.64. The number of imidazole rings is 1. The van der Waals surface area contributed by atoms with Crippen molar-refractivity contribution >= 4 is 18.1 Å². The molecule has 1 N–H and O–H groups in total. The Kier molecular flexibility index (Phi) is 5.83. The molecule has 0 spiro atoms. The Balaban J connectivity index is 1.47. The van der Waals surface area contributed by atoms with Gasteiger partial charge in [0.1, 0.15) is 11.6 Å². The van der Waals surface area contributed by atoms with Gasteiger partial charge in [-0.05, 0) is 55.1 Å². The summed E-state index contributed by atoms with van der Waals surface area (Å²) in [5, 5.41) is 3.04. The van der Waals surface area contributed by atoms with E-state index in [0.717, 1.165) is 43.5 Å². The van der Waals surface area contributed by atoms with Crippen molar-refractivity contribution in [3.8, 4) is 0 Å². The van der Waals surface area contributed by atoms with Gasteiger partial charge >= 0.3 is 0 Å². The Morgan fingerprint density at radius 1 is 1.24 bits per heavy atom. The minimum absolute atomic E-state index is 0.0317. The smallest absolute Gasteiger partial charge is 0.226 e. The minimum Gasteiger partial charge on any atom is -0.381 e. The molecule has 1 amide bonds. The molecule has 1 aromatic heterocycles. The molecule has 3 heterocycles. The number of benzene rings is 1. The fourth-order valence-corrected chi connectivity index (χ4v) is 4.67. The van der Waals surface area contributed by atoms with E-state index >= 15 is 0 Å². The molecule has 4 rings (SSSR count). The predicted molar refractivity (Wildman–Crippen MR) is 107 cm³/mol. The number of hydrogen-bond acceptors (Lipinski definition) is 3. The van der Waals surface area contributed by atoms with Crippen LogP contribution in [0.15, 0.2) is 18.2 Å². The second-order valence-corrected chi connectivity index (χ2v) is 8.35. The van der Waals surface area contributed by atoms with Crippen LogP contribution < -0.4 is 5.32 Å². The lowest BCUT2D eigenvalue weighted by molar-refractivity contribution is -0.120. The lowest BCUT2D eigenvalue weighted by Gasteiger charge is -2.22. The van der Waals surface area contributed by atoms with E-state index in [0.29, 0.717) is 35.8 Å². The number of hydrogen-bond donors (Lipinski definition) is 1. The third-order valence-electron chi connectivity index (χ3n) is 6.04. The fourth-order valence-electron chi connectivity index (χ4n) is 4.37. The van der Waals surface area contributed by atoms with Gasteiger partial charge in [0.15, 0.2) is 4.77 Å². The monoisotopic (exact) mass is 421 g/mol. The molecule has 156 valence electrons. The van der Waals surface area contributed by atoms with Crippen molar-refractivity contribution in [3.05, 3.63) is 51.6 Å². The van der Waals surface area contributed by atoms with E-state index in [1.165, 1.54) is 12.1 Å². The molecule has 0 saturated carbocycles. The molecule has 2 aromatic rings. The van der Waals surface area contributed by atoms with Crippen molar-refractivity contribution in [2.24, 2.45) is 13.0 Å². The molecule has 2 aliphatic rings. The third-order valence-corrected chi connectivity index (χ3v) is 6.53. The van der Waals surface area contributed by atoms with E-state index < -0.39 is 11.6 Å². The van der Waals surface area contributed by atoms with E-state index in [2.05, 4.69) is 5.32 Å². The Labute approximate surface area is 173 Å². The summed E-state index contributed by atoms with van der Waals surface area (Å²) in [5.74, 6) is -0.775. The summed E-state index contributed by atoms with van der Waals surface area (Å²) < 4.78 is 37.1. The first-order chi connectivity index (χ1) is 13.9. The van der Waals surface area contributed by atoms with Crippen molar-refractivity contribution in [2.75, 3.05) is 19.8 Å². The molecule has 1 atom stereocenters. The zero-order chi connectivity index (χ0) is 20.5. The number of aromatic nitrogens is 2. The van der Waals surface area contributed by atoms with Crippen LogP contribution in [0.4, 0.5) is 8.78 Å². The zero-order valence-electron chi connectivity index (χ0n) is 16.4. The fraction of sp³-hybridized carbons (Fsp3) is 0.524. The van der Waals surface area contributed by atoms with E-state index in [1.807, 2.05) is 16.2 Å². The second kappa shape index (κ2) is 8.36. The van der Waals surface area contributed by atoms with E-state index in [1.54, 1.807) is 0 Å². The maximum Gasteiger partial charge on any atom is 0.226 e. The number of nitrogens with zero attached hydrogens (tertiary/aromatic N) is 2. The van der Waals surface area contributed by atoms with E-state index in [-0.39, 0.29) is 18.2 Å². The third kappa shape index (κ3) is 4.28. The number of fused-ring (bicyclic) bond motifs is 1. The van der Waals surface area contributed by atoms with Gasteiger partial charge in [0.25, 0.3) is 0 Å². The molecule has 2 aliphatic heterocycles. The van der Waals surface area contributed by atoms with Gasteiger partial charge in [0.05, 0.1) is 6.42 Å². The van der Waals surface area contributed by atoms with Gasteiger partial charge in [-0.3, -0.25) is 4.79 Å². The molecule has 29 heavy (non-hydrogen) atoms. The average molecular weight is 422 g/mol. The number of carbonyl (C=O) groups is 1. The molecule has 1 fully saturated rings. The van der Waals surface area contributed by atoms with Crippen LogP contribution in [0.2, 0.25) is 0 Å². The number of nitrogens with one attached hydrogen (secondary N) is 1. The van der Waals surface area contributed by atoms with Crippen molar-refractivity contribution in [2.45, 2.75) is 38.1 Å². The van der Waals surface area contributed by atoms with Gasteiger partial charge in [0, 0.05) is 56.7 Å². The standard InChI is InChI=1S/C21H25F2N3O2S/c1-25-18(10-20(27)24-11-13-2-4-28-5-3-13)19-8-15(12-26(19)21(25)29)14-6-16(22)9-17(23)7-14/h6-7,9,13,15H,2-5,8,10-12H2,1H3,(H,24,27). The van der Waals surface area contributed by atoms with Crippen LogP contribution in [0.25, 0.3) is 0 Å². The number of ether oxygens (including phenoxy) is 1. The van der Waals surface area contributed by atoms with Gasteiger partial charge < -0.3 is 19.2 Å². The number of halogens is 2. The largest absolute Gasteiger partial charge is 0.381 e. The molecular formula is C21H25F2N3O2S. The molecule has 1 saturated heterocycles. The van der Waals surface area contributed by atoms with Gasteiger partial charge in [0.2, 0.25) is 5.91 Å². The summed E-state index contributed by atoms with van der Waals surface area (Å²) in [4.78, 5) is 12.6. The maximum absolute atomic E-state index is 13.6. The number of amides is 1. The lowest BCUT2D eigenvalue weighted by Crippen LogP contribution is -2.33. The Bertz CT molecular complexity index is 959. The highest BCUT2D eigenvalue weighted by molar-refractivity contribution is 7.71. The highest BCUT2D eigenvalue weighted by Crippen LogP contribution is 2.33.